The molecule has 0 bridgehead atoms. The fourth-order valence-electron chi connectivity index (χ4n) is 2.28. The minimum Gasteiger partial charge on any atom is -0.382 e. The summed E-state index contributed by atoms with van der Waals surface area (Å²) in [5.41, 5.74) is -1.10. The average Bonchev–Trinajstić information content (AvgIpc) is 2.87. The van der Waals surface area contributed by atoms with Gasteiger partial charge in [-0.3, -0.25) is 14.6 Å². The fourth-order valence-corrected chi connectivity index (χ4v) is 3.58. The van der Waals surface area contributed by atoms with Gasteiger partial charge in [-0.25, -0.2) is 0 Å². The van der Waals surface area contributed by atoms with Crippen LogP contribution in [0.2, 0.25) is 5.02 Å². The molecule has 1 aromatic rings. The van der Waals surface area contributed by atoms with Gasteiger partial charge < -0.3 is 15.4 Å². The van der Waals surface area contributed by atoms with Crippen LogP contribution in [0, 0.1) is 0 Å². The number of hydrogen-bond donors (Lipinski definition) is 2. The number of benzene rings is 1. The van der Waals surface area contributed by atoms with E-state index in [-0.39, 0.29) is 24.1 Å². The average molecular weight is 424 g/mol. The van der Waals surface area contributed by atoms with Crippen LogP contribution in [0.25, 0.3) is 0 Å². The number of thioether (sulfide) groups is 1. The lowest BCUT2D eigenvalue weighted by molar-refractivity contribution is -0.137. The highest BCUT2D eigenvalue weighted by Gasteiger charge is 2.34. The van der Waals surface area contributed by atoms with Gasteiger partial charge in [0, 0.05) is 19.2 Å². The van der Waals surface area contributed by atoms with Crippen LogP contribution in [0.15, 0.2) is 23.2 Å². The number of amidine groups is 1. The largest absolute Gasteiger partial charge is 0.417 e. The third-order valence-electron chi connectivity index (χ3n) is 3.45. The van der Waals surface area contributed by atoms with Crippen LogP contribution in [0.5, 0.6) is 0 Å². The van der Waals surface area contributed by atoms with E-state index in [1.54, 1.807) is 0 Å². The smallest absolute Gasteiger partial charge is 0.382 e. The molecule has 2 atom stereocenters. The van der Waals surface area contributed by atoms with Crippen LogP contribution in [0.3, 0.4) is 0 Å². The molecule has 1 aliphatic rings. The minimum absolute atomic E-state index is 0.0530. The number of rotatable bonds is 6. The standard InChI is InChI=1S/C16H17ClF3N3O3S/c1-8(7-26-2)21-15-23-14(25)12(27-15)6-13(24)22-9-3-4-11(17)10(5-9)16(18,19)20/h3-5,8,12H,6-7H2,1-2H3,(H,22,24)(H,21,23,25). The summed E-state index contributed by atoms with van der Waals surface area (Å²) in [5, 5.41) is 4.13. The first-order valence-electron chi connectivity index (χ1n) is 7.81. The van der Waals surface area contributed by atoms with Crippen LogP contribution in [-0.4, -0.2) is 42.0 Å². The maximum Gasteiger partial charge on any atom is 0.417 e. The second-order valence-corrected chi connectivity index (χ2v) is 7.38. The predicted molar refractivity (Wildman–Crippen MR) is 98.0 cm³/mol. The maximum atomic E-state index is 12.9. The number of alkyl halides is 3. The zero-order valence-electron chi connectivity index (χ0n) is 14.4. The number of nitrogens with one attached hydrogen (secondary N) is 2. The van der Waals surface area contributed by atoms with E-state index in [9.17, 15) is 22.8 Å². The van der Waals surface area contributed by atoms with Crippen molar-refractivity contribution in [1.82, 2.24) is 5.32 Å². The number of ether oxygens (including phenoxy) is 1. The van der Waals surface area contributed by atoms with E-state index in [1.165, 1.54) is 13.2 Å². The molecule has 2 amide bonds. The highest BCUT2D eigenvalue weighted by molar-refractivity contribution is 8.15. The van der Waals surface area contributed by atoms with Gasteiger partial charge in [-0.15, -0.1) is 0 Å². The molecule has 2 unspecified atom stereocenters. The fraction of sp³-hybridized carbons (Fsp3) is 0.438. The lowest BCUT2D eigenvalue weighted by atomic mass is 10.2. The molecule has 0 radical (unpaired) electrons. The van der Waals surface area contributed by atoms with Gasteiger partial charge in [0.2, 0.25) is 11.8 Å². The molecule has 2 rings (SSSR count). The Bertz CT molecular complexity index is 758. The lowest BCUT2D eigenvalue weighted by Crippen LogP contribution is -2.28. The van der Waals surface area contributed by atoms with Gasteiger partial charge in [0.05, 0.1) is 23.2 Å². The van der Waals surface area contributed by atoms with E-state index in [0.29, 0.717) is 11.8 Å². The molecule has 1 saturated heterocycles. The molecule has 11 heteroatoms. The van der Waals surface area contributed by atoms with E-state index >= 15 is 0 Å². The number of amides is 2. The summed E-state index contributed by atoms with van der Waals surface area (Å²) in [4.78, 5) is 28.3. The van der Waals surface area contributed by atoms with Gasteiger partial charge in [-0.1, -0.05) is 23.4 Å². The molecule has 6 nitrogen and oxygen atoms in total. The van der Waals surface area contributed by atoms with Gasteiger partial charge in [0.15, 0.2) is 5.17 Å². The number of anilines is 1. The maximum absolute atomic E-state index is 12.9. The third kappa shape index (κ3) is 6.12. The van der Waals surface area contributed by atoms with E-state index in [4.69, 9.17) is 16.3 Å². The van der Waals surface area contributed by atoms with Gasteiger partial charge in [-0.05, 0) is 25.1 Å². The molecule has 27 heavy (non-hydrogen) atoms. The van der Waals surface area contributed by atoms with Gasteiger partial charge >= 0.3 is 6.18 Å². The predicted octanol–water partition coefficient (Wildman–Crippen LogP) is 3.31. The summed E-state index contributed by atoms with van der Waals surface area (Å²) in [7, 11) is 1.53. The Morgan fingerprint density at radius 1 is 1.48 bits per heavy atom. The molecule has 1 heterocycles. The Morgan fingerprint density at radius 3 is 2.81 bits per heavy atom. The summed E-state index contributed by atoms with van der Waals surface area (Å²) in [6, 6.07) is 2.90. The summed E-state index contributed by atoms with van der Waals surface area (Å²) in [6.45, 7) is 2.19. The summed E-state index contributed by atoms with van der Waals surface area (Å²) in [5.74, 6) is -0.977. The number of nitrogens with zero attached hydrogens (tertiary/aromatic N) is 1. The van der Waals surface area contributed by atoms with Gasteiger partial charge in [0.25, 0.3) is 0 Å². The van der Waals surface area contributed by atoms with Crippen LogP contribution in [-0.2, 0) is 20.5 Å². The van der Waals surface area contributed by atoms with E-state index in [0.717, 1.165) is 23.9 Å². The Labute approximate surface area is 162 Å². The van der Waals surface area contributed by atoms with Crippen LogP contribution >= 0.6 is 23.4 Å². The van der Waals surface area contributed by atoms with Crippen molar-refractivity contribution in [3.8, 4) is 0 Å². The number of halogens is 4. The molecule has 1 aromatic carbocycles. The van der Waals surface area contributed by atoms with Crippen LogP contribution in [0.4, 0.5) is 18.9 Å². The molecule has 0 aliphatic carbocycles. The Morgan fingerprint density at radius 2 is 2.19 bits per heavy atom. The first-order chi connectivity index (χ1) is 12.6. The molecule has 0 aromatic heterocycles. The van der Waals surface area contributed by atoms with Crippen molar-refractivity contribution in [1.29, 1.82) is 0 Å². The number of aliphatic imine (C=N–C) groups is 1. The lowest BCUT2D eigenvalue weighted by Gasteiger charge is -2.12. The topological polar surface area (TPSA) is 79.8 Å². The van der Waals surface area contributed by atoms with Crippen molar-refractivity contribution in [2.75, 3.05) is 19.0 Å². The molecule has 148 valence electrons. The number of methoxy groups -OCH3 is 1. The monoisotopic (exact) mass is 423 g/mol. The molecule has 1 fully saturated rings. The highest BCUT2D eigenvalue weighted by Crippen LogP contribution is 2.36. The molecule has 1 aliphatic heterocycles. The zero-order valence-corrected chi connectivity index (χ0v) is 16.0. The first kappa shape index (κ1) is 21.5. The second kappa shape index (κ2) is 8.94. The Kier molecular flexibility index (Phi) is 7.12. The molecule has 2 N–H and O–H groups in total. The van der Waals surface area contributed by atoms with E-state index < -0.39 is 27.9 Å². The van der Waals surface area contributed by atoms with Crippen LogP contribution in [0.1, 0.15) is 18.9 Å². The number of hydrogen-bond acceptors (Lipinski definition) is 5. The summed E-state index contributed by atoms with van der Waals surface area (Å²) < 4.78 is 43.6. The number of carbonyl (C=O) groups excluding carboxylic acids is 2. The zero-order chi connectivity index (χ0) is 20.2. The molecular weight excluding hydrogens is 407 g/mol. The van der Waals surface area contributed by atoms with Crippen molar-refractivity contribution in [2.45, 2.75) is 30.8 Å². The van der Waals surface area contributed by atoms with E-state index in [2.05, 4.69) is 15.6 Å². The van der Waals surface area contributed by atoms with Crippen molar-refractivity contribution in [2.24, 2.45) is 4.99 Å². The van der Waals surface area contributed by atoms with Gasteiger partial charge in [-0.2, -0.15) is 13.2 Å². The normalized spacial score (nSPS) is 19.9. The molecular formula is C16H17ClF3N3O3S. The van der Waals surface area contributed by atoms with E-state index in [1.807, 2.05) is 6.92 Å². The van der Waals surface area contributed by atoms with Crippen LogP contribution < -0.4 is 10.6 Å². The quantitative estimate of drug-likeness (QED) is 0.735. The minimum atomic E-state index is -4.64. The first-order valence-corrected chi connectivity index (χ1v) is 9.06. The Hall–Kier alpha value is -1.78. The third-order valence-corrected chi connectivity index (χ3v) is 4.87. The van der Waals surface area contributed by atoms with Crippen molar-refractivity contribution in [3.63, 3.8) is 0 Å². The van der Waals surface area contributed by atoms with Crippen molar-refractivity contribution >= 4 is 46.0 Å². The number of carbonyl (C=O) groups is 2. The highest BCUT2D eigenvalue weighted by atomic mass is 35.5. The molecule has 0 spiro atoms. The van der Waals surface area contributed by atoms with Crippen molar-refractivity contribution < 1.29 is 27.5 Å². The molecule has 0 saturated carbocycles. The second-order valence-electron chi connectivity index (χ2n) is 5.78. The van der Waals surface area contributed by atoms with Crippen molar-refractivity contribution in [3.05, 3.63) is 28.8 Å². The van der Waals surface area contributed by atoms with Gasteiger partial charge in [0.1, 0.15) is 5.25 Å². The summed E-state index contributed by atoms with van der Waals surface area (Å²) in [6.07, 6.45) is -4.85. The SMILES string of the molecule is COCC(C)N=C1NC(=O)C(CC(=O)Nc2ccc(Cl)c(C(F)(F)F)c2)S1. The Balaban J connectivity index is 1.99. The summed E-state index contributed by atoms with van der Waals surface area (Å²) >= 11 is 6.64.